The molecule has 1 fully saturated rings. The van der Waals surface area contributed by atoms with Crippen LogP contribution in [-0.2, 0) is 26.8 Å². The molecule has 1 aromatic carbocycles. The van der Waals surface area contributed by atoms with Gasteiger partial charge in [-0.25, -0.2) is 8.42 Å². The minimum absolute atomic E-state index is 0.0596. The normalized spacial score (nSPS) is 16.7. The van der Waals surface area contributed by atoms with Crippen molar-refractivity contribution in [2.75, 3.05) is 14.1 Å². The van der Waals surface area contributed by atoms with Crippen LogP contribution in [0.1, 0.15) is 35.1 Å². The molecule has 0 heterocycles. The summed E-state index contributed by atoms with van der Waals surface area (Å²) in [4.78, 5) is 14.3. The molecule has 1 aromatic rings. The summed E-state index contributed by atoms with van der Waals surface area (Å²) in [6.07, 6.45) is 5.29. The largest absolute Gasteiger partial charge is 0.382 e. The lowest BCUT2D eigenvalue weighted by Gasteiger charge is -2.10. The molecule has 0 radical (unpaired) electrons. The van der Waals surface area contributed by atoms with E-state index in [0.29, 0.717) is 12.0 Å². The van der Waals surface area contributed by atoms with E-state index in [9.17, 15) is 18.5 Å². The highest BCUT2D eigenvalue weighted by molar-refractivity contribution is 7.91. The van der Waals surface area contributed by atoms with Crippen LogP contribution in [-0.4, -0.2) is 38.4 Å². The molecule has 0 N–H and O–H groups in total. The number of nitriles is 1. The molecule has 0 aromatic heterocycles. The van der Waals surface area contributed by atoms with E-state index >= 15 is 0 Å². The molecule has 26 heavy (non-hydrogen) atoms. The van der Waals surface area contributed by atoms with Gasteiger partial charge in [0.05, 0.1) is 11.0 Å². The van der Waals surface area contributed by atoms with Gasteiger partial charge in [-0.3, -0.25) is 4.79 Å². The molecule has 6 heteroatoms. The van der Waals surface area contributed by atoms with Crippen molar-refractivity contribution in [2.45, 2.75) is 37.2 Å². The first-order valence-electron chi connectivity index (χ1n) is 8.59. The number of ketones is 1. The lowest BCUT2D eigenvalue weighted by Crippen LogP contribution is -2.11. The van der Waals surface area contributed by atoms with Gasteiger partial charge >= 0.3 is 0 Å². The second kappa shape index (κ2) is 6.73. The number of hydrogen-bond acceptors (Lipinski definition) is 5. The zero-order valence-corrected chi connectivity index (χ0v) is 16.1. The molecule has 0 aliphatic heterocycles. The summed E-state index contributed by atoms with van der Waals surface area (Å²) in [5.74, 6) is -0.216. The summed E-state index contributed by atoms with van der Waals surface area (Å²) in [5.41, 5.74) is 4.27. The fourth-order valence-corrected chi connectivity index (χ4v) is 5.02. The van der Waals surface area contributed by atoms with Crippen LogP contribution >= 0.6 is 0 Å². The number of carbonyl (C=O) groups is 1. The molecule has 2 aliphatic rings. The molecule has 0 atom stereocenters. The van der Waals surface area contributed by atoms with Gasteiger partial charge in [0, 0.05) is 32.3 Å². The lowest BCUT2D eigenvalue weighted by molar-refractivity contribution is -0.111. The Bertz CT molecular complexity index is 975. The average Bonchev–Trinajstić information content (AvgIpc) is 3.34. The number of fused-ring (bicyclic) bond motifs is 1. The third-order valence-electron chi connectivity index (χ3n) is 4.74. The van der Waals surface area contributed by atoms with E-state index in [4.69, 9.17) is 0 Å². The molecule has 0 spiro atoms. The highest BCUT2D eigenvalue weighted by atomic mass is 32.2. The number of allylic oxidation sites excluding steroid dienone is 2. The van der Waals surface area contributed by atoms with Gasteiger partial charge in [0.25, 0.3) is 0 Å². The monoisotopic (exact) mass is 370 g/mol. The fraction of sp³-hybridized carbons (Fsp3) is 0.400. The molecule has 5 nitrogen and oxygen atoms in total. The molecular formula is C20H22N2O3S. The number of rotatable bonds is 6. The maximum absolute atomic E-state index is 12.6. The van der Waals surface area contributed by atoms with E-state index in [1.165, 1.54) is 6.20 Å². The Hall–Kier alpha value is -2.39. The van der Waals surface area contributed by atoms with Gasteiger partial charge in [0.15, 0.2) is 9.84 Å². The van der Waals surface area contributed by atoms with E-state index < -0.39 is 9.84 Å². The standard InChI is InChI=1S/C20H22N2O3S/c1-13-6-14-7-16(20(23)18(10-21)11-22(2)3)8-15(14)9-17(13)12-26(24,25)19-4-5-19/h6-7,9,11,19H,4-5,8,12H2,1-3H3. The quantitative estimate of drug-likeness (QED) is 0.568. The van der Waals surface area contributed by atoms with E-state index in [2.05, 4.69) is 0 Å². The number of aryl methyl sites for hydroxylation is 1. The Labute approximate surface area is 154 Å². The smallest absolute Gasteiger partial charge is 0.201 e. The predicted octanol–water partition coefficient (Wildman–Crippen LogP) is 2.55. The predicted molar refractivity (Wildman–Crippen MR) is 101 cm³/mol. The first-order chi connectivity index (χ1) is 12.2. The Balaban J connectivity index is 1.85. The van der Waals surface area contributed by atoms with Crippen molar-refractivity contribution < 1.29 is 13.2 Å². The van der Waals surface area contributed by atoms with Crippen molar-refractivity contribution in [1.29, 1.82) is 5.26 Å². The number of carbonyl (C=O) groups excluding carboxylic acids is 1. The minimum Gasteiger partial charge on any atom is -0.382 e. The molecule has 0 saturated heterocycles. The first-order valence-corrected chi connectivity index (χ1v) is 10.3. The van der Waals surface area contributed by atoms with E-state index in [0.717, 1.165) is 35.1 Å². The van der Waals surface area contributed by atoms with Crippen molar-refractivity contribution in [1.82, 2.24) is 4.90 Å². The van der Waals surface area contributed by atoms with Crippen LogP contribution in [0.4, 0.5) is 0 Å². The van der Waals surface area contributed by atoms with Crippen LogP contribution in [0.3, 0.4) is 0 Å². The SMILES string of the molecule is Cc1cc2c(cc1CS(=O)(=O)C1CC1)CC(C(=O)C(C#N)=CN(C)C)=C2. The van der Waals surface area contributed by atoms with Crippen molar-refractivity contribution in [2.24, 2.45) is 0 Å². The van der Waals surface area contributed by atoms with Crippen LogP contribution in [0.5, 0.6) is 0 Å². The topological polar surface area (TPSA) is 78.2 Å². The van der Waals surface area contributed by atoms with Crippen molar-refractivity contribution in [3.63, 3.8) is 0 Å². The minimum atomic E-state index is -3.08. The van der Waals surface area contributed by atoms with E-state index in [-0.39, 0.29) is 22.4 Å². The van der Waals surface area contributed by atoms with Crippen molar-refractivity contribution >= 4 is 21.7 Å². The molecule has 2 aliphatic carbocycles. The van der Waals surface area contributed by atoms with Gasteiger partial charge in [-0.2, -0.15) is 5.26 Å². The maximum Gasteiger partial charge on any atom is 0.201 e. The van der Waals surface area contributed by atoms with Gasteiger partial charge in [-0.1, -0.05) is 12.1 Å². The molecule has 0 bridgehead atoms. The number of nitrogens with zero attached hydrogens (tertiary/aromatic N) is 2. The van der Waals surface area contributed by atoms with Gasteiger partial charge in [0.2, 0.25) is 5.78 Å². The Kier molecular flexibility index (Phi) is 4.76. The Morgan fingerprint density at radius 3 is 2.62 bits per heavy atom. The molecule has 1 saturated carbocycles. The Morgan fingerprint density at radius 2 is 2.04 bits per heavy atom. The number of hydrogen-bond donors (Lipinski definition) is 0. The third kappa shape index (κ3) is 3.73. The summed E-state index contributed by atoms with van der Waals surface area (Å²) in [6, 6.07) is 5.81. The fourth-order valence-electron chi connectivity index (χ4n) is 3.19. The Morgan fingerprint density at radius 1 is 1.35 bits per heavy atom. The summed E-state index contributed by atoms with van der Waals surface area (Å²) in [5, 5.41) is 9.06. The van der Waals surface area contributed by atoms with Gasteiger partial charge in [-0.05, 0) is 48.1 Å². The molecule has 3 rings (SSSR count). The van der Waals surface area contributed by atoms with Crippen LogP contribution < -0.4 is 0 Å². The number of sulfone groups is 1. The van der Waals surface area contributed by atoms with Crippen LogP contribution in [0.15, 0.2) is 29.5 Å². The summed E-state index contributed by atoms with van der Waals surface area (Å²) in [7, 11) is 0.442. The second-order valence-electron chi connectivity index (χ2n) is 7.28. The summed E-state index contributed by atoms with van der Waals surface area (Å²) < 4.78 is 24.6. The van der Waals surface area contributed by atoms with Crippen molar-refractivity contribution in [3.05, 3.63) is 51.7 Å². The first kappa shape index (κ1) is 18.4. The van der Waals surface area contributed by atoms with Gasteiger partial charge < -0.3 is 4.90 Å². The zero-order chi connectivity index (χ0) is 19.1. The van der Waals surface area contributed by atoms with Crippen LogP contribution in [0.25, 0.3) is 6.08 Å². The average molecular weight is 370 g/mol. The lowest BCUT2D eigenvalue weighted by atomic mass is 10.0. The third-order valence-corrected chi connectivity index (χ3v) is 6.94. The van der Waals surface area contributed by atoms with Crippen molar-refractivity contribution in [3.8, 4) is 6.07 Å². The summed E-state index contributed by atoms with van der Waals surface area (Å²) >= 11 is 0. The molecular weight excluding hydrogens is 348 g/mol. The number of benzene rings is 1. The highest BCUT2D eigenvalue weighted by Crippen LogP contribution is 2.34. The molecule has 0 unspecified atom stereocenters. The van der Waals surface area contributed by atoms with Gasteiger partial charge in [0.1, 0.15) is 11.6 Å². The second-order valence-corrected chi connectivity index (χ2v) is 9.56. The van der Waals surface area contributed by atoms with E-state index in [1.54, 1.807) is 19.0 Å². The zero-order valence-electron chi connectivity index (χ0n) is 15.2. The molecule has 136 valence electrons. The molecule has 0 amide bonds. The maximum atomic E-state index is 12.6. The van der Waals surface area contributed by atoms with Gasteiger partial charge in [-0.15, -0.1) is 0 Å². The summed E-state index contributed by atoms with van der Waals surface area (Å²) in [6.45, 7) is 1.90. The highest BCUT2D eigenvalue weighted by Gasteiger charge is 2.36. The number of Topliss-reactive ketones (excluding diaryl/α,β-unsaturated/α-hetero) is 1. The van der Waals surface area contributed by atoms with Crippen LogP contribution in [0.2, 0.25) is 0 Å². The van der Waals surface area contributed by atoms with E-state index in [1.807, 2.05) is 31.2 Å². The van der Waals surface area contributed by atoms with Crippen LogP contribution in [0, 0.1) is 18.3 Å².